The van der Waals surface area contributed by atoms with E-state index in [-0.39, 0.29) is 23.9 Å². The summed E-state index contributed by atoms with van der Waals surface area (Å²) < 4.78 is 57.3. The summed E-state index contributed by atoms with van der Waals surface area (Å²) >= 11 is 0. The first kappa shape index (κ1) is 18.4. The molecule has 0 bridgehead atoms. The van der Waals surface area contributed by atoms with Gasteiger partial charge >= 0.3 is 0 Å². The molecule has 0 radical (unpaired) electrons. The van der Waals surface area contributed by atoms with Crippen LogP contribution in [0, 0.1) is 11.6 Å². The van der Waals surface area contributed by atoms with Gasteiger partial charge in [-0.2, -0.15) is 4.98 Å². The average Bonchev–Trinajstić information content (AvgIpc) is 2.97. The molecule has 0 amide bonds. The number of rotatable bonds is 8. The molecule has 0 spiro atoms. The predicted molar refractivity (Wildman–Crippen MR) is 81.8 cm³/mol. The van der Waals surface area contributed by atoms with Crippen LogP contribution in [0.4, 0.5) is 8.78 Å². The third-order valence-corrected chi connectivity index (χ3v) is 4.78. The van der Waals surface area contributed by atoms with Crippen LogP contribution in [0.3, 0.4) is 0 Å². The Bertz CT molecular complexity index is 795. The van der Waals surface area contributed by atoms with Crippen molar-refractivity contribution in [2.24, 2.45) is 0 Å². The highest BCUT2D eigenvalue weighted by Crippen LogP contribution is 2.13. The zero-order chi connectivity index (χ0) is 17.7. The zero-order valence-electron chi connectivity index (χ0n) is 13.2. The van der Waals surface area contributed by atoms with Gasteiger partial charge in [0.05, 0.1) is 4.90 Å². The van der Waals surface area contributed by atoms with Crippen LogP contribution in [0.5, 0.6) is 0 Å². The minimum absolute atomic E-state index is 0.00938. The average molecular weight is 360 g/mol. The van der Waals surface area contributed by atoms with E-state index in [1.54, 1.807) is 0 Å². The number of benzene rings is 1. The van der Waals surface area contributed by atoms with Crippen molar-refractivity contribution in [2.75, 3.05) is 13.6 Å². The number of likely N-dealkylation sites (N-methyl/N-ethyl adjacent to an activating group) is 1. The SMILES string of the molecule is CNC(C)Cc1noc(CCNS(=O)(=O)c2ccc(F)c(F)c2)n1. The number of nitrogens with zero attached hydrogens (tertiary/aromatic N) is 2. The molecular formula is C14H18F2N4O3S. The lowest BCUT2D eigenvalue weighted by Crippen LogP contribution is -2.26. The van der Waals surface area contributed by atoms with Crippen molar-refractivity contribution in [3.05, 3.63) is 41.5 Å². The Morgan fingerprint density at radius 2 is 2.04 bits per heavy atom. The van der Waals surface area contributed by atoms with Gasteiger partial charge in [-0.05, 0) is 32.2 Å². The molecule has 0 aliphatic heterocycles. The van der Waals surface area contributed by atoms with Gasteiger partial charge < -0.3 is 9.84 Å². The van der Waals surface area contributed by atoms with E-state index in [1.165, 1.54) is 0 Å². The van der Waals surface area contributed by atoms with Gasteiger partial charge in [0.1, 0.15) is 0 Å². The molecule has 0 fully saturated rings. The zero-order valence-corrected chi connectivity index (χ0v) is 14.0. The molecule has 10 heteroatoms. The first-order valence-corrected chi connectivity index (χ1v) is 8.73. The third-order valence-electron chi connectivity index (χ3n) is 3.32. The predicted octanol–water partition coefficient (Wildman–Crippen LogP) is 1.02. The summed E-state index contributed by atoms with van der Waals surface area (Å²) in [5.41, 5.74) is 0. The highest BCUT2D eigenvalue weighted by molar-refractivity contribution is 7.89. The van der Waals surface area contributed by atoms with Gasteiger partial charge in [0.15, 0.2) is 17.5 Å². The number of aromatic nitrogens is 2. The molecule has 0 saturated heterocycles. The smallest absolute Gasteiger partial charge is 0.240 e. The molecule has 2 rings (SSSR count). The monoisotopic (exact) mass is 360 g/mol. The molecule has 2 aromatic rings. The van der Waals surface area contributed by atoms with Gasteiger partial charge in [-0.25, -0.2) is 21.9 Å². The van der Waals surface area contributed by atoms with Gasteiger partial charge in [0, 0.05) is 25.4 Å². The van der Waals surface area contributed by atoms with Crippen LogP contribution >= 0.6 is 0 Å². The van der Waals surface area contributed by atoms with E-state index in [0.717, 1.165) is 12.1 Å². The molecule has 0 saturated carbocycles. The highest BCUT2D eigenvalue weighted by atomic mass is 32.2. The summed E-state index contributed by atoms with van der Waals surface area (Å²) in [5.74, 6) is -1.52. The maximum absolute atomic E-state index is 13.1. The molecule has 1 heterocycles. The summed E-state index contributed by atoms with van der Waals surface area (Å²) in [6.07, 6.45) is 0.768. The van der Waals surface area contributed by atoms with Crippen LogP contribution in [0.15, 0.2) is 27.6 Å². The van der Waals surface area contributed by atoms with Gasteiger partial charge in [-0.1, -0.05) is 5.16 Å². The van der Waals surface area contributed by atoms with Crippen LogP contribution in [-0.4, -0.2) is 38.2 Å². The molecule has 24 heavy (non-hydrogen) atoms. The van der Waals surface area contributed by atoms with Crippen LogP contribution in [-0.2, 0) is 22.9 Å². The number of halogens is 2. The quantitative estimate of drug-likeness (QED) is 0.730. The maximum atomic E-state index is 13.1. The van der Waals surface area contributed by atoms with E-state index in [9.17, 15) is 17.2 Å². The van der Waals surface area contributed by atoms with E-state index in [2.05, 4.69) is 20.2 Å². The first-order chi connectivity index (χ1) is 11.3. The van der Waals surface area contributed by atoms with Crippen LogP contribution in [0.25, 0.3) is 0 Å². The molecule has 2 N–H and O–H groups in total. The lowest BCUT2D eigenvalue weighted by Gasteiger charge is -2.06. The molecule has 132 valence electrons. The number of nitrogens with one attached hydrogen (secondary N) is 2. The summed E-state index contributed by atoms with van der Waals surface area (Å²) in [4.78, 5) is 3.80. The Balaban J connectivity index is 1.92. The Morgan fingerprint density at radius 3 is 2.71 bits per heavy atom. The van der Waals surface area contributed by atoms with Crippen molar-refractivity contribution in [1.82, 2.24) is 20.2 Å². The Kier molecular flexibility index (Phi) is 5.97. The van der Waals surface area contributed by atoms with Crippen molar-refractivity contribution in [1.29, 1.82) is 0 Å². The normalized spacial score (nSPS) is 13.2. The van der Waals surface area contributed by atoms with Crippen molar-refractivity contribution in [3.8, 4) is 0 Å². The van der Waals surface area contributed by atoms with Crippen LogP contribution in [0.2, 0.25) is 0 Å². The topological polar surface area (TPSA) is 97.1 Å². The lowest BCUT2D eigenvalue weighted by atomic mass is 10.2. The van der Waals surface area contributed by atoms with E-state index in [0.29, 0.717) is 24.2 Å². The molecule has 1 aromatic carbocycles. The summed E-state index contributed by atoms with van der Waals surface area (Å²) in [5, 5.41) is 6.85. The van der Waals surface area contributed by atoms with Gasteiger partial charge in [-0.3, -0.25) is 0 Å². The first-order valence-electron chi connectivity index (χ1n) is 7.25. The van der Waals surface area contributed by atoms with E-state index in [4.69, 9.17) is 4.52 Å². The summed E-state index contributed by atoms with van der Waals surface area (Å²) in [6, 6.07) is 2.56. The fourth-order valence-electron chi connectivity index (χ4n) is 1.87. The van der Waals surface area contributed by atoms with Crippen molar-refractivity contribution in [2.45, 2.75) is 30.7 Å². The maximum Gasteiger partial charge on any atom is 0.240 e. The Morgan fingerprint density at radius 1 is 1.29 bits per heavy atom. The number of hydrogen-bond acceptors (Lipinski definition) is 6. The van der Waals surface area contributed by atoms with Gasteiger partial charge in [0.25, 0.3) is 0 Å². The lowest BCUT2D eigenvalue weighted by molar-refractivity contribution is 0.371. The molecule has 0 aliphatic carbocycles. The second-order valence-electron chi connectivity index (χ2n) is 5.22. The Labute approximate surface area is 138 Å². The molecule has 7 nitrogen and oxygen atoms in total. The Hall–Kier alpha value is -1.91. The minimum Gasteiger partial charge on any atom is -0.339 e. The largest absolute Gasteiger partial charge is 0.339 e. The number of hydrogen-bond donors (Lipinski definition) is 2. The van der Waals surface area contributed by atoms with Gasteiger partial charge in [-0.15, -0.1) is 0 Å². The van der Waals surface area contributed by atoms with Crippen molar-refractivity contribution in [3.63, 3.8) is 0 Å². The second kappa shape index (κ2) is 7.77. The van der Waals surface area contributed by atoms with Crippen LogP contribution < -0.4 is 10.0 Å². The molecule has 1 atom stereocenters. The second-order valence-corrected chi connectivity index (χ2v) is 6.99. The standard InChI is InChI=1S/C14H18F2N4O3S/c1-9(17-2)7-13-19-14(23-20-13)5-6-18-24(21,22)10-3-4-11(15)12(16)8-10/h3-4,8-9,17-18H,5-7H2,1-2H3. The van der Waals surface area contributed by atoms with E-state index in [1.807, 2.05) is 14.0 Å². The summed E-state index contributed by atoms with van der Waals surface area (Å²) in [7, 11) is -2.12. The van der Waals surface area contributed by atoms with Crippen molar-refractivity contribution >= 4 is 10.0 Å². The molecule has 0 aliphatic rings. The van der Waals surface area contributed by atoms with Gasteiger partial charge in [0.2, 0.25) is 15.9 Å². The van der Waals surface area contributed by atoms with Crippen molar-refractivity contribution < 1.29 is 21.7 Å². The van der Waals surface area contributed by atoms with Crippen LogP contribution in [0.1, 0.15) is 18.6 Å². The molecular weight excluding hydrogens is 342 g/mol. The summed E-state index contributed by atoms with van der Waals surface area (Å²) in [6.45, 7) is 1.95. The minimum atomic E-state index is -3.94. The highest BCUT2D eigenvalue weighted by Gasteiger charge is 2.17. The fourth-order valence-corrected chi connectivity index (χ4v) is 2.91. The number of sulfonamides is 1. The fraction of sp³-hybridized carbons (Fsp3) is 0.429. The third kappa shape index (κ3) is 4.79. The molecule has 1 unspecified atom stereocenters. The molecule has 1 aromatic heterocycles. The van der Waals surface area contributed by atoms with E-state index < -0.39 is 21.7 Å². The van der Waals surface area contributed by atoms with E-state index >= 15 is 0 Å².